The third kappa shape index (κ3) is 4.31. The number of rotatable bonds is 6. The van der Waals surface area contributed by atoms with Crippen molar-refractivity contribution in [3.63, 3.8) is 0 Å². The Balaban J connectivity index is 1.65. The molecule has 0 bridgehead atoms. The van der Waals surface area contributed by atoms with Crippen LogP contribution in [0.1, 0.15) is 36.5 Å². The van der Waals surface area contributed by atoms with Crippen LogP contribution < -0.4 is 10.2 Å². The first-order valence-electron chi connectivity index (χ1n) is 10.2. The van der Waals surface area contributed by atoms with Crippen molar-refractivity contribution in [1.82, 2.24) is 14.5 Å². The summed E-state index contributed by atoms with van der Waals surface area (Å²) in [6.07, 6.45) is 1.46. The average Bonchev–Trinajstić information content (AvgIpc) is 2.89. The standard InChI is InChI=1S/C20H30N4O4S/c1-5-6-17-19(25)24(20(26)21-17)13-22-7-9-23(10-8-22)29(27,28)18-15(3)11-14(2)12-16(18)4/h11-12,17H,5-10,13H2,1-4H3,(H,21,26)/p+1/t17-/m0/s1. The number of imide groups is 1. The Morgan fingerprint density at radius 1 is 1.10 bits per heavy atom. The molecular formula is C20H31N4O4S+. The summed E-state index contributed by atoms with van der Waals surface area (Å²) in [7, 11) is -3.57. The molecule has 2 heterocycles. The Kier molecular flexibility index (Phi) is 6.30. The number of hydrogen-bond acceptors (Lipinski definition) is 4. The highest BCUT2D eigenvalue weighted by Gasteiger charge is 2.40. The van der Waals surface area contributed by atoms with Crippen LogP contribution >= 0.6 is 0 Å². The summed E-state index contributed by atoms with van der Waals surface area (Å²) in [4.78, 5) is 27.2. The zero-order valence-corrected chi connectivity index (χ0v) is 18.4. The summed E-state index contributed by atoms with van der Waals surface area (Å²) in [6, 6.07) is 3.01. The monoisotopic (exact) mass is 423 g/mol. The molecule has 1 aromatic carbocycles. The van der Waals surface area contributed by atoms with Crippen molar-refractivity contribution >= 4 is 22.0 Å². The predicted octanol–water partition coefficient (Wildman–Crippen LogP) is 0.179. The third-order valence-electron chi connectivity index (χ3n) is 5.70. The number of urea groups is 1. The van der Waals surface area contributed by atoms with Crippen LogP contribution in [0.4, 0.5) is 4.79 Å². The lowest BCUT2D eigenvalue weighted by Crippen LogP contribution is -3.16. The molecule has 2 N–H and O–H groups in total. The zero-order valence-electron chi connectivity index (χ0n) is 17.6. The van der Waals surface area contributed by atoms with Gasteiger partial charge in [-0.2, -0.15) is 4.31 Å². The number of aryl methyl sites for hydroxylation is 3. The second-order valence-electron chi connectivity index (χ2n) is 8.10. The Bertz CT molecular complexity index is 884. The summed E-state index contributed by atoms with van der Waals surface area (Å²) in [5.74, 6) is -0.176. The van der Waals surface area contributed by atoms with Crippen molar-refractivity contribution in [2.45, 2.75) is 51.5 Å². The van der Waals surface area contributed by atoms with Crippen molar-refractivity contribution < 1.29 is 22.9 Å². The van der Waals surface area contributed by atoms with Crippen molar-refractivity contribution in [3.8, 4) is 0 Å². The van der Waals surface area contributed by atoms with Crippen LogP contribution in [0.25, 0.3) is 0 Å². The van der Waals surface area contributed by atoms with Gasteiger partial charge in [-0.3, -0.25) is 4.79 Å². The molecule has 2 aliphatic rings. The SMILES string of the molecule is CCC[C@@H]1NC(=O)N(C[NH+]2CCN(S(=O)(=O)c3c(C)cc(C)cc3C)CC2)C1=O. The molecule has 9 heteroatoms. The Hall–Kier alpha value is -1.97. The first kappa shape index (κ1) is 21.7. The number of amides is 3. The largest absolute Gasteiger partial charge is 0.329 e. The zero-order chi connectivity index (χ0) is 21.3. The summed E-state index contributed by atoms with van der Waals surface area (Å²) >= 11 is 0. The molecule has 2 fully saturated rings. The van der Waals surface area contributed by atoms with Crippen LogP contribution in [-0.2, 0) is 14.8 Å². The lowest BCUT2D eigenvalue weighted by molar-refractivity contribution is -0.910. The molecule has 8 nitrogen and oxygen atoms in total. The van der Waals surface area contributed by atoms with E-state index in [0.717, 1.165) is 28.0 Å². The van der Waals surface area contributed by atoms with Gasteiger partial charge in [0.1, 0.15) is 6.04 Å². The molecule has 29 heavy (non-hydrogen) atoms. The van der Waals surface area contributed by atoms with Crippen LogP contribution in [0.15, 0.2) is 17.0 Å². The summed E-state index contributed by atoms with van der Waals surface area (Å²) in [5.41, 5.74) is 2.57. The second-order valence-corrected chi connectivity index (χ2v) is 9.97. The Labute approximate surface area is 172 Å². The molecule has 0 aromatic heterocycles. The van der Waals surface area contributed by atoms with Gasteiger partial charge in [0.2, 0.25) is 10.0 Å². The van der Waals surface area contributed by atoms with E-state index in [1.165, 1.54) is 9.21 Å². The normalized spacial score (nSPS) is 21.7. The minimum absolute atomic E-state index is 0.176. The molecule has 0 spiro atoms. The van der Waals surface area contributed by atoms with E-state index in [1.807, 2.05) is 39.8 Å². The van der Waals surface area contributed by atoms with Crippen LogP contribution in [0.3, 0.4) is 0 Å². The quantitative estimate of drug-likeness (QED) is 0.639. The van der Waals surface area contributed by atoms with Crippen LogP contribution in [0.2, 0.25) is 0 Å². The highest BCUT2D eigenvalue weighted by atomic mass is 32.2. The lowest BCUT2D eigenvalue weighted by Gasteiger charge is -2.33. The minimum atomic E-state index is -3.57. The molecule has 2 aliphatic heterocycles. The Morgan fingerprint density at radius 3 is 2.24 bits per heavy atom. The fourth-order valence-electron chi connectivity index (χ4n) is 4.34. The maximum Gasteiger partial charge on any atom is 0.329 e. The van der Waals surface area contributed by atoms with Crippen molar-refractivity contribution in [2.24, 2.45) is 0 Å². The van der Waals surface area contributed by atoms with Crippen molar-refractivity contribution in [2.75, 3.05) is 32.8 Å². The molecule has 2 saturated heterocycles. The van der Waals surface area contributed by atoms with Gasteiger partial charge >= 0.3 is 6.03 Å². The topological polar surface area (TPSA) is 91.2 Å². The minimum Gasteiger partial charge on any atom is -0.326 e. The smallest absolute Gasteiger partial charge is 0.326 e. The van der Waals surface area contributed by atoms with Crippen LogP contribution in [-0.4, -0.2) is 68.5 Å². The molecule has 3 amide bonds. The van der Waals surface area contributed by atoms with Gasteiger partial charge in [-0.1, -0.05) is 31.0 Å². The molecular weight excluding hydrogens is 392 g/mol. The number of carbonyl (C=O) groups is 2. The van der Waals surface area contributed by atoms with Gasteiger partial charge in [0, 0.05) is 0 Å². The van der Waals surface area contributed by atoms with Crippen LogP contribution in [0.5, 0.6) is 0 Å². The number of piperazine rings is 1. The molecule has 1 aromatic rings. The summed E-state index contributed by atoms with van der Waals surface area (Å²) in [6.45, 7) is 9.72. The number of benzene rings is 1. The highest BCUT2D eigenvalue weighted by Crippen LogP contribution is 2.25. The average molecular weight is 424 g/mol. The van der Waals surface area contributed by atoms with E-state index < -0.39 is 16.1 Å². The summed E-state index contributed by atoms with van der Waals surface area (Å²) < 4.78 is 27.9. The van der Waals surface area contributed by atoms with Crippen LogP contribution in [0, 0.1) is 20.8 Å². The van der Waals surface area contributed by atoms with E-state index in [-0.39, 0.29) is 18.6 Å². The number of nitrogens with one attached hydrogen (secondary N) is 2. The fourth-order valence-corrected chi connectivity index (χ4v) is 6.19. The van der Waals surface area contributed by atoms with Crippen molar-refractivity contribution in [1.29, 1.82) is 0 Å². The maximum absolute atomic E-state index is 13.2. The number of carbonyl (C=O) groups excluding carboxylic acids is 2. The lowest BCUT2D eigenvalue weighted by atomic mass is 10.1. The van der Waals surface area contributed by atoms with Gasteiger partial charge in [-0.25, -0.2) is 18.1 Å². The van der Waals surface area contributed by atoms with Crippen molar-refractivity contribution in [3.05, 3.63) is 28.8 Å². The van der Waals surface area contributed by atoms with Gasteiger partial charge in [-0.15, -0.1) is 0 Å². The molecule has 3 rings (SSSR count). The molecule has 0 saturated carbocycles. The number of hydrogen-bond donors (Lipinski definition) is 2. The van der Waals surface area contributed by atoms with Gasteiger partial charge in [-0.05, 0) is 38.3 Å². The Morgan fingerprint density at radius 2 is 1.69 bits per heavy atom. The van der Waals surface area contributed by atoms with E-state index in [0.29, 0.717) is 37.5 Å². The van der Waals surface area contributed by atoms with Gasteiger partial charge in [0.15, 0.2) is 6.67 Å². The number of sulfonamides is 1. The second kappa shape index (κ2) is 8.41. The van der Waals surface area contributed by atoms with Gasteiger partial charge in [0.25, 0.3) is 5.91 Å². The number of quaternary nitrogens is 1. The highest BCUT2D eigenvalue weighted by molar-refractivity contribution is 7.89. The van der Waals surface area contributed by atoms with E-state index in [9.17, 15) is 18.0 Å². The molecule has 1 atom stereocenters. The maximum atomic E-state index is 13.2. The molecule has 160 valence electrons. The van der Waals surface area contributed by atoms with E-state index in [1.54, 1.807) is 0 Å². The molecule has 0 radical (unpaired) electrons. The number of nitrogens with zero attached hydrogens (tertiary/aromatic N) is 2. The van der Waals surface area contributed by atoms with Gasteiger partial charge < -0.3 is 10.2 Å². The fraction of sp³-hybridized carbons (Fsp3) is 0.600. The van der Waals surface area contributed by atoms with E-state index in [4.69, 9.17) is 0 Å². The first-order valence-corrected chi connectivity index (χ1v) is 11.6. The van der Waals surface area contributed by atoms with Gasteiger partial charge in [0.05, 0.1) is 31.1 Å². The van der Waals surface area contributed by atoms with E-state index >= 15 is 0 Å². The first-order chi connectivity index (χ1) is 13.6. The van der Waals surface area contributed by atoms with E-state index in [2.05, 4.69) is 5.32 Å². The third-order valence-corrected chi connectivity index (χ3v) is 7.90. The molecule has 0 unspecified atom stereocenters. The predicted molar refractivity (Wildman–Crippen MR) is 109 cm³/mol. The summed E-state index contributed by atoms with van der Waals surface area (Å²) in [5, 5.41) is 2.73. The molecule has 0 aliphatic carbocycles.